The quantitative estimate of drug-likeness (QED) is 0.411. The van der Waals surface area contributed by atoms with Crippen LogP contribution in [0.2, 0.25) is 0 Å². The molecule has 0 aromatic rings. The first kappa shape index (κ1) is 19.5. The number of carboxylic acid groups (broad SMARTS) is 1. The van der Waals surface area contributed by atoms with Gasteiger partial charge in [0.1, 0.15) is 12.2 Å². The van der Waals surface area contributed by atoms with Crippen LogP contribution in [0.4, 0.5) is 0 Å². The molecule has 0 aliphatic rings. The molecule has 0 aromatic heterocycles. The number of aliphatic carboxylic acids is 1. The fraction of sp³-hybridized carbons (Fsp3) is 0.867. The summed E-state index contributed by atoms with van der Waals surface area (Å²) < 4.78 is 0. The molecule has 18 heavy (non-hydrogen) atoms. The van der Waals surface area contributed by atoms with Gasteiger partial charge in [0, 0.05) is 6.42 Å². The lowest BCUT2D eigenvalue weighted by Crippen LogP contribution is -2.05. The van der Waals surface area contributed by atoms with Crippen LogP contribution in [-0.4, -0.2) is 16.9 Å². The Bertz CT molecular complexity index is 212. The second kappa shape index (κ2) is 14.2. The van der Waals surface area contributed by atoms with Gasteiger partial charge in [-0.25, -0.2) is 0 Å². The predicted molar refractivity (Wildman–Crippen MR) is 75.8 cm³/mol. The van der Waals surface area contributed by atoms with E-state index in [1.165, 1.54) is 44.9 Å². The van der Waals surface area contributed by atoms with Crippen LogP contribution in [-0.2, 0) is 9.59 Å². The minimum atomic E-state index is -1.01. The average molecular weight is 258 g/mol. The molecule has 3 heteroatoms. The highest BCUT2D eigenvalue weighted by Crippen LogP contribution is 2.10. The smallest absolute Gasteiger partial charge is 0.310 e. The summed E-state index contributed by atoms with van der Waals surface area (Å²) in [6.45, 7) is 2.22. The molecule has 0 heterocycles. The highest BCUT2D eigenvalue weighted by molar-refractivity contribution is 5.94. The Morgan fingerprint density at radius 3 is 1.72 bits per heavy atom. The molecule has 0 aliphatic heterocycles. The number of rotatable bonds is 12. The summed E-state index contributed by atoms with van der Waals surface area (Å²) in [6.07, 6.45) is 11.0. The predicted octanol–water partition coefficient (Wildman–Crippen LogP) is 4.59. The number of unbranched alkanes of at least 4 members (excludes halogenated alkanes) is 8. The Labute approximate surface area is 112 Å². The van der Waals surface area contributed by atoms with Gasteiger partial charge in [-0.2, -0.15) is 0 Å². The lowest BCUT2D eigenvalue weighted by atomic mass is 10.0. The van der Waals surface area contributed by atoms with Crippen molar-refractivity contribution in [3.63, 3.8) is 0 Å². The summed E-state index contributed by atoms with van der Waals surface area (Å²) in [7, 11) is 0. The molecule has 0 fully saturated rings. The molecule has 0 radical (unpaired) electrons. The number of ketones is 1. The molecule has 108 valence electrons. The molecular weight excluding hydrogens is 228 g/mol. The zero-order chi connectivity index (χ0) is 12.9. The fourth-order valence-corrected chi connectivity index (χ4v) is 1.89. The molecule has 0 saturated carbocycles. The van der Waals surface area contributed by atoms with Crippen LogP contribution in [0.1, 0.15) is 85.0 Å². The molecule has 0 aromatic carbocycles. The number of carbonyl (C=O) groups is 2. The molecule has 0 rings (SSSR count). The maximum absolute atomic E-state index is 11.1. The largest absolute Gasteiger partial charge is 0.481 e. The Morgan fingerprint density at radius 1 is 0.833 bits per heavy atom. The van der Waals surface area contributed by atoms with Crippen molar-refractivity contribution in [1.29, 1.82) is 0 Å². The van der Waals surface area contributed by atoms with Gasteiger partial charge >= 0.3 is 5.97 Å². The summed E-state index contributed by atoms with van der Waals surface area (Å²) in [5, 5.41) is 8.41. The van der Waals surface area contributed by atoms with Gasteiger partial charge in [-0.3, -0.25) is 9.59 Å². The first-order valence-corrected chi connectivity index (χ1v) is 6.90. The van der Waals surface area contributed by atoms with E-state index in [-0.39, 0.29) is 19.6 Å². The Kier molecular flexibility index (Phi) is 15.4. The van der Waals surface area contributed by atoms with E-state index in [1.54, 1.807) is 0 Å². The minimum absolute atomic E-state index is 0. The molecule has 3 nitrogen and oxygen atoms in total. The van der Waals surface area contributed by atoms with Crippen LogP contribution in [0, 0.1) is 0 Å². The highest BCUT2D eigenvalue weighted by atomic mass is 16.4. The van der Waals surface area contributed by atoms with Gasteiger partial charge in [0.05, 0.1) is 0 Å². The number of carbonyl (C=O) groups excluding carboxylic acids is 1. The summed E-state index contributed by atoms with van der Waals surface area (Å²) in [5.41, 5.74) is 0. The topological polar surface area (TPSA) is 54.4 Å². The van der Waals surface area contributed by atoms with Crippen LogP contribution >= 0.6 is 0 Å². The van der Waals surface area contributed by atoms with E-state index >= 15 is 0 Å². The second-order valence-corrected chi connectivity index (χ2v) is 4.69. The zero-order valence-electron chi connectivity index (χ0n) is 11.0. The first-order valence-electron chi connectivity index (χ1n) is 6.90. The first-order chi connectivity index (χ1) is 8.16. The Morgan fingerprint density at radius 2 is 1.28 bits per heavy atom. The zero-order valence-corrected chi connectivity index (χ0v) is 11.0. The van der Waals surface area contributed by atoms with Crippen molar-refractivity contribution in [3.8, 4) is 0 Å². The van der Waals surface area contributed by atoms with Crippen molar-refractivity contribution < 1.29 is 14.7 Å². The Hall–Kier alpha value is -0.860. The van der Waals surface area contributed by atoms with E-state index in [0.29, 0.717) is 6.42 Å². The molecule has 0 spiro atoms. The monoisotopic (exact) mass is 258 g/mol. The van der Waals surface area contributed by atoms with Crippen LogP contribution in [0.3, 0.4) is 0 Å². The lowest BCUT2D eigenvalue weighted by molar-refractivity contribution is -0.140. The number of hydrogen-bond donors (Lipinski definition) is 1. The third kappa shape index (κ3) is 15.1. The van der Waals surface area contributed by atoms with Gasteiger partial charge < -0.3 is 5.11 Å². The SMILES string of the molecule is C.CCCCCCCCCCCC(=O)CC(=O)O. The van der Waals surface area contributed by atoms with Crippen molar-refractivity contribution in [1.82, 2.24) is 0 Å². The standard InChI is InChI=1S/C14H26O3.CH4/c1-2-3-4-5-6-7-8-9-10-11-13(15)12-14(16)17;/h2-12H2,1H3,(H,16,17);1H4. The van der Waals surface area contributed by atoms with E-state index in [4.69, 9.17) is 5.11 Å². The number of Topliss-reactive ketones (excluding diaryl/α,β-unsaturated/α-hetero) is 1. The molecular formula is C15H30O3. The maximum atomic E-state index is 11.1. The van der Waals surface area contributed by atoms with E-state index in [0.717, 1.165) is 12.8 Å². The van der Waals surface area contributed by atoms with E-state index in [9.17, 15) is 9.59 Å². The van der Waals surface area contributed by atoms with Crippen LogP contribution < -0.4 is 0 Å². The van der Waals surface area contributed by atoms with Gasteiger partial charge in [0.2, 0.25) is 0 Å². The lowest BCUT2D eigenvalue weighted by Gasteiger charge is -2.01. The minimum Gasteiger partial charge on any atom is -0.481 e. The van der Waals surface area contributed by atoms with Crippen LogP contribution in [0.25, 0.3) is 0 Å². The fourth-order valence-electron chi connectivity index (χ4n) is 1.89. The van der Waals surface area contributed by atoms with Crippen LogP contribution in [0.5, 0.6) is 0 Å². The summed E-state index contributed by atoms with van der Waals surface area (Å²) in [4.78, 5) is 21.3. The molecule has 0 aliphatic carbocycles. The van der Waals surface area contributed by atoms with Gasteiger partial charge in [-0.15, -0.1) is 0 Å². The summed E-state index contributed by atoms with van der Waals surface area (Å²) >= 11 is 0. The molecule has 0 amide bonds. The normalized spacial score (nSPS) is 9.83. The summed E-state index contributed by atoms with van der Waals surface area (Å²) in [5.74, 6) is -1.15. The average Bonchev–Trinajstić information content (AvgIpc) is 2.26. The van der Waals surface area contributed by atoms with E-state index in [2.05, 4.69) is 6.92 Å². The van der Waals surface area contributed by atoms with Crippen molar-refractivity contribution in [2.45, 2.75) is 85.0 Å². The molecule has 1 N–H and O–H groups in total. The van der Waals surface area contributed by atoms with E-state index in [1.807, 2.05) is 0 Å². The van der Waals surface area contributed by atoms with Gasteiger partial charge in [-0.1, -0.05) is 65.7 Å². The highest BCUT2D eigenvalue weighted by Gasteiger charge is 2.06. The molecule has 0 saturated heterocycles. The van der Waals surface area contributed by atoms with Gasteiger partial charge in [0.15, 0.2) is 0 Å². The third-order valence-electron chi connectivity index (χ3n) is 2.91. The molecule has 0 atom stereocenters. The van der Waals surface area contributed by atoms with E-state index < -0.39 is 5.97 Å². The van der Waals surface area contributed by atoms with Crippen molar-refractivity contribution in [3.05, 3.63) is 0 Å². The van der Waals surface area contributed by atoms with Crippen molar-refractivity contribution in [2.75, 3.05) is 0 Å². The Balaban J connectivity index is 0. The maximum Gasteiger partial charge on any atom is 0.310 e. The van der Waals surface area contributed by atoms with Crippen LogP contribution in [0.15, 0.2) is 0 Å². The number of carboxylic acids is 1. The van der Waals surface area contributed by atoms with Gasteiger partial charge in [0.25, 0.3) is 0 Å². The second-order valence-electron chi connectivity index (χ2n) is 4.69. The van der Waals surface area contributed by atoms with Gasteiger partial charge in [-0.05, 0) is 6.42 Å². The number of hydrogen-bond acceptors (Lipinski definition) is 2. The molecule has 0 bridgehead atoms. The third-order valence-corrected chi connectivity index (χ3v) is 2.91. The summed E-state index contributed by atoms with van der Waals surface area (Å²) in [6, 6.07) is 0. The van der Waals surface area contributed by atoms with Crippen molar-refractivity contribution >= 4 is 11.8 Å². The molecule has 0 unspecified atom stereocenters. The van der Waals surface area contributed by atoms with Crippen molar-refractivity contribution in [2.24, 2.45) is 0 Å².